The summed E-state index contributed by atoms with van der Waals surface area (Å²) in [6, 6.07) is 5.31. The van der Waals surface area contributed by atoms with Gasteiger partial charge in [-0.15, -0.1) is 0 Å². The van der Waals surface area contributed by atoms with E-state index in [1.807, 2.05) is 0 Å². The minimum atomic E-state index is -0.375. The van der Waals surface area contributed by atoms with Crippen molar-refractivity contribution in [2.24, 2.45) is 11.1 Å². The molecule has 0 amide bonds. The maximum atomic E-state index is 12.7. The fraction of sp³-hybridized carbons (Fsp3) is 0.533. The smallest absolute Gasteiger partial charge is 0.170 e. The minimum absolute atomic E-state index is 0.133. The van der Waals surface area contributed by atoms with E-state index in [2.05, 4.69) is 0 Å². The van der Waals surface area contributed by atoms with Crippen LogP contribution in [0.5, 0.6) is 11.5 Å². The zero-order valence-electron chi connectivity index (χ0n) is 11.6. The third-order valence-electron chi connectivity index (χ3n) is 4.08. The highest BCUT2D eigenvalue weighted by Gasteiger charge is 2.40. The normalized spacial score (nSPS) is 17.2. The van der Waals surface area contributed by atoms with Crippen LogP contribution in [0.3, 0.4) is 0 Å². The summed E-state index contributed by atoms with van der Waals surface area (Å²) in [5.41, 5.74) is 6.14. The molecular formula is C15H21NO3. The van der Waals surface area contributed by atoms with Crippen LogP contribution in [-0.4, -0.2) is 26.5 Å². The Balaban J connectivity index is 2.33. The number of ether oxygens (including phenoxy) is 2. The van der Waals surface area contributed by atoms with Gasteiger partial charge in [-0.05, 0) is 31.0 Å². The quantitative estimate of drug-likeness (QED) is 0.829. The average molecular weight is 263 g/mol. The van der Waals surface area contributed by atoms with Crippen molar-refractivity contribution in [3.8, 4) is 11.5 Å². The van der Waals surface area contributed by atoms with Crippen LogP contribution in [0.1, 0.15) is 36.0 Å². The first-order chi connectivity index (χ1) is 9.16. The first-order valence-electron chi connectivity index (χ1n) is 6.64. The predicted octanol–water partition coefficient (Wildman–Crippen LogP) is 2.41. The number of carbonyl (C=O) groups excluding carboxylic acids is 1. The van der Waals surface area contributed by atoms with E-state index < -0.39 is 0 Å². The molecule has 0 radical (unpaired) electrons. The Morgan fingerprint density at radius 2 is 1.84 bits per heavy atom. The fourth-order valence-corrected chi connectivity index (χ4v) is 2.86. The number of carbonyl (C=O) groups is 1. The maximum absolute atomic E-state index is 12.7. The van der Waals surface area contributed by atoms with Crippen LogP contribution in [0, 0.1) is 5.41 Å². The Kier molecular flexibility index (Phi) is 4.10. The summed E-state index contributed by atoms with van der Waals surface area (Å²) in [4.78, 5) is 12.7. The van der Waals surface area contributed by atoms with Crippen molar-refractivity contribution in [2.75, 3.05) is 20.8 Å². The van der Waals surface area contributed by atoms with Crippen LogP contribution >= 0.6 is 0 Å². The Morgan fingerprint density at radius 3 is 2.37 bits per heavy atom. The zero-order valence-corrected chi connectivity index (χ0v) is 11.6. The van der Waals surface area contributed by atoms with Gasteiger partial charge < -0.3 is 15.2 Å². The van der Waals surface area contributed by atoms with Gasteiger partial charge >= 0.3 is 0 Å². The van der Waals surface area contributed by atoms with E-state index in [1.165, 1.54) is 0 Å². The lowest BCUT2D eigenvalue weighted by Crippen LogP contribution is -2.36. The molecule has 104 valence electrons. The fourth-order valence-electron chi connectivity index (χ4n) is 2.86. The van der Waals surface area contributed by atoms with Gasteiger partial charge in [-0.3, -0.25) is 4.79 Å². The van der Waals surface area contributed by atoms with Crippen molar-refractivity contribution in [2.45, 2.75) is 25.7 Å². The molecule has 2 rings (SSSR count). The first-order valence-corrected chi connectivity index (χ1v) is 6.64. The molecular weight excluding hydrogens is 242 g/mol. The van der Waals surface area contributed by atoms with E-state index in [-0.39, 0.29) is 11.2 Å². The molecule has 0 heterocycles. The minimum Gasteiger partial charge on any atom is -0.493 e. The molecule has 4 heteroatoms. The predicted molar refractivity (Wildman–Crippen MR) is 73.8 cm³/mol. The number of nitrogens with two attached hydrogens (primary N) is 1. The van der Waals surface area contributed by atoms with Crippen molar-refractivity contribution >= 4 is 5.78 Å². The number of ketones is 1. The van der Waals surface area contributed by atoms with Gasteiger partial charge in [-0.2, -0.15) is 0 Å². The highest BCUT2D eigenvalue weighted by Crippen LogP contribution is 2.41. The van der Waals surface area contributed by atoms with Crippen molar-refractivity contribution in [3.05, 3.63) is 23.8 Å². The summed E-state index contributed by atoms with van der Waals surface area (Å²) in [5.74, 6) is 1.35. The molecule has 1 fully saturated rings. The van der Waals surface area contributed by atoms with Gasteiger partial charge in [0.05, 0.1) is 14.2 Å². The molecule has 0 aliphatic heterocycles. The summed E-state index contributed by atoms with van der Waals surface area (Å²) in [6.07, 6.45) is 3.93. The largest absolute Gasteiger partial charge is 0.493 e. The van der Waals surface area contributed by atoms with Gasteiger partial charge in [0.15, 0.2) is 17.3 Å². The number of hydrogen-bond donors (Lipinski definition) is 1. The molecule has 0 saturated heterocycles. The molecule has 19 heavy (non-hydrogen) atoms. The van der Waals surface area contributed by atoms with E-state index in [0.717, 1.165) is 25.7 Å². The molecule has 0 aromatic heterocycles. The van der Waals surface area contributed by atoms with Crippen LogP contribution in [0.4, 0.5) is 0 Å². The molecule has 0 unspecified atom stereocenters. The molecule has 1 aliphatic carbocycles. The highest BCUT2D eigenvalue weighted by molar-refractivity contribution is 6.01. The van der Waals surface area contributed by atoms with E-state index in [4.69, 9.17) is 15.2 Å². The average Bonchev–Trinajstić information content (AvgIpc) is 2.95. The highest BCUT2D eigenvalue weighted by atomic mass is 16.5. The Bertz CT molecular complexity index is 464. The standard InChI is InChI=1S/C15H21NO3/c1-18-12-6-5-11(9-13(12)19-2)14(17)15(10-16)7-3-4-8-15/h5-6,9H,3-4,7-8,10,16H2,1-2H3. The lowest BCUT2D eigenvalue weighted by Gasteiger charge is -2.25. The summed E-state index contributed by atoms with van der Waals surface area (Å²) in [7, 11) is 3.15. The van der Waals surface area contributed by atoms with E-state index in [9.17, 15) is 4.79 Å². The van der Waals surface area contributed by atoms with E-state index in [1.54, 1.807) is 32.4 Å². The number of hydrogen-bond acceptors (Lipinski definition) is 4. The van der Waals surface area contributed by atoms with Gasteiger partial charge in [0.2, 0.25) is 0 Å². The van der Waals surface area contributed by atoms with Gasteiger partial charge in [0.1, 0.15) is 0 Å². The van der Waals surface area contributed by atoms with Crippen LogP contribution in [0.15, 0.2) is 18.2 Å². The van der Waals surface area contributed by atoms with Crippen LogP contribution in [0.25, 0.3) is 0 Å². The first kappa shape index (κ1) is 13.9. The Morgan fingerprint density at radius 1 is 1.21 bits per heavy atom. The third kappa shape index (κ3) is 2.45. The van der Waals surface area contributed by atoms with Crippen LogP contribution in [0.2, 0.25) is 0 Å². The molecule has 4 nitrogen and oxygen atoms in total. The van der Waals surface area contributed by atoms with Crippen molar-refractivity contribution < 1.29 is 14.3 Å². The lowest BCUT2D eigenvalue weighted by atomic mass is 9.79. The van der Waals surface area contributed by atoms with Crippen molar-refractivity contribution in [1.29, 1.82) is 0 Å². The SMILES string of the molecule is COc1ccc(C(=O)C2(CN)CCCC2)cc1OC. The lowest BCUT2D eigenvalue weighted by molar-refractivity contribution is 0.0809. The van der Waals surface area contributed by atoms with Gasteiger partial charge in [-0.1, -0.05) is 12.8 Å². The summed E-state index contributed by atoms with van der Waals surface area (Å²) < 4.78 is 10.4. The summed E-state index contributed by atoms with van der Waals surface area (Å²) in [5, 5.41) is 0. The monoisotopic (exact) mass is 263 g/mol. The van der Waals surface area contributed by atoms with E-state index >= 15 is 0 Å². The van der Waals surface area contributed by atoms with Crippen molar-refractivity contribution in [1.82, 2.24) is 0 Å². The number of methoxy groups -OCH3 is 2. The molecule has 1 aromatic rings. The van der Waals surface area contributed by atoms with Crippen molar-refractivity contribution in [3.63, 3.8) is 0 Å². The number of rotatable bonds is 5. The molecule has 1 aromatic carbocycles. The zero-order chi connectivity index (χ0) is 13.9. The second-order valence-corrected chi connectivity index (χ2v) is 5.09. The number of Topliss-reactive ketones (excluding diaryl/α,β-unsaturated/α-hetero) is 1. The third-order valence-corrected chi connectivity index (χ3v) is 4.08. The molecule has 0 bridgehead atoms. The Hall–Kier alpha value is -1.55. The van der Waals surface area contributed by atoms with Crippen LogP contribution in [-0.2, 0) is 0 Å². The molecule has 0 spiro atoms. The van der Waals surface area contributed by atoms with Gasteiger partial charge in [0, 0.05) is 17.5 Å². The van der Waals surface area contributed by atoms with E-state index in [0.29, 0.717) is 23.6 Å². The second kappa shape index (κ2) is 5.61. The summed E-state index contributed by atoms with van der Waals surface area (Å²) in [6.45, 7) is 0.417. The van der Waals surface area contributed by atoms with Gasteiger partial charge in [0.25, 0.3) is 0 Å². The molecule has 1 aliphatic rings. The molecule has 0 atom stereocenters. The second-order valence-electron chi connectivity index (χ2n) is 5.09. The number of benzene rings is 1. The summed E-state index contributed by atoms with van der Waals surface area (Å²) >= 11 is 0. The Labute approximate surface area is 113 Å². The topological polar surface area (TPSA) is 61.5 Å². The molecule has 2 N–H and O–H groups in total. The van der Waals surface area contributed by atoms with Crippen LogP contribution < -0.4 is 15.2 Å². The van der Waals surface area contributed by atoms with Gasteiger partial charge in [-0.25, -0.2) is 0 Å². The molecule has 1 saturated carbocycles. The maximum Gasteiger partial charge on any atom is 0.170 e.